The van der Waals surface area contributed by atoms with Crippen molar-refractivity contribution in [3.8, 4) is 0 Å². The van der Waals surface area contributed by atoms with Crippen LogP contribution in [0.2, 0.25) is 0 Å². The van der Waals surface area contributed by atoms with Crippen LogP contribution in [-0.2, 0) is 4.79 Å². The summed E-state index contributed by atoms with van der Waals surface area (Å²) in [6, 6.07) is 0.407. The van der Waals surface area contributed by atoms with Gasteiger partial charge in [0.25, 0.3) is 0 Å². The topological polar surface area (TPSA) is 40.5 Å². The Bertz CT molecular complexity index is 238. The van der Waals surface area contributed by atoms with Crippen LogP contribution in [0.15, 0.2) is 0 Å². The molecule has 1 unspecified atom stereocenters. The van der Waals surface area contributed by atoms with Crippen LogP contribution < -0.4 is 0 Å². The maximum Gasteiger partial charge on any atom is 0.303 e. The Labute approximate surface area is 98.8 Å². The molecule has 0 aromatic rings. The van der Waals surface area contributed by atoms with Gasteiger partial charge in [-0.25, -0.2) is 0 Å². The van der Waals surface area contributed by atoms with Crippen LogP contribution in [0, 0.1) is 5.41 Å². The van der Waals surface area contributed by atoms with Crippen molar-refractivity contribution in [2.24, 2.45) is 5.41 Å². The summed E-state index contributed by atoms with van der Waals surface area (Å²) in [6.45, 7) is 9.07. The minimum atomic E-state index is -0.679. The van der Waals surface area contributed by atoms with E-state index in [0.29, 0.717) is 17.9 Å². The monoisotopic (exact) mass is 227 g/mol. The highest BCUT2D eigenvalue weighted by Crippen LogP contribution is 2.30. The highest BCUT2D eigenvalue weighted by molar-refractivity contribution is 5.66. The molecule has 16 heavy (non-hydrogen) atoms. The van der Waals surface area contributed by atoms with Crippen LogP contribution >= 0.6 is 0 Å². The van der Waals surface area contributed by atoms with E-state index < -0.39 is 5.97 Å². The first-order valence-electron chi connectivity index (χ1n) is 6.36. The zero-order valence-electron chi connectivity index (χ0n) is 10.8. The second-order valence-electron chi connectivity index (χ2n) is 5.84. The van der Waals surface area contributed by atoms with Gasteiger partial charge in [-0.15, -0.1) is 0 Å². The first-order chi connectivity index (χ1) is 7.41. The number of hydrogen-bond acceptors (Lipinski definition) is 2. The molecule has 0 saturated carbocycles. The van der Waals surface area contributed by atoms with Gasteiger partial charge in [-0.05, 0) is 51.1 Å². The normalized spacial score (nSPS) is 23.7. The Kier molecular flexibility index (Phi) is 4.78. The van der Waals surface area contributed by atoms with Gasteiger partial charge in [0, 0.05) is 12.5 Å². The van der Waals surface area contributed by atoms with Crippen LogP contribution in [0.1, 0.15) is 52.9 Å². The fraction of sp³-hybridized carbons (Fsp3) is 0.923. The van der Waals surface area contributed by atoms with Crippen molar-refractivity contribution in [3.05, 3.63) is 0 Å². The van der Waals surface area contributed by atoms with Gasteiger partial charge in [-0.1, -0.05) is 13.8 Å². The average Bonchev–Trinajstić information content (AvgIpc) is 2.35. The van der Waals surface area contributed by atoms with Crippen LogP contribution in [-0.4, -0.2) is 35.1 Å². The molecule has 94 valence electrons. The largest absolute Gasteiger partial charge is 0.481 e. The molecule has 0 aliphatic carbocycles. The zero-order chi connectivity index (χ0) is 12.2. The van der Waals surface area contributed by atoms with E-state index in [1.807, 2.05) is 0 Å². The highest BCUT2D eigenvalue weighted by Gasteiger charge is 2.25. The summed E-state index contributed by atoms with van der Waals surface area (Å²) in [5, 5.41) is 8.68. The summed E-state index contributed by atoms with van der Waals surface area (Å²) in [4.78, 5) is 13.0. The molecule has 1 aliphatic rings. The van der Waals surface area contributed by atoms with Gasteiger partial charge in [0.2, 0.25) is 0 Å². The van der Waals surface area contributed by atoms with E-state index >= 15 is 0 Å². The minimum absolute atomic E-state index is 0.293. The predicted octanol–water partition coefficient (Wildman–Crippen LogP) is 2.75. The Morgan fingerprint density at radius 2 is 2.06 bits per heavy atom. The highest BCUT2D eigenvalue weighted by atomic mass is 16.4. The summed E-state index contributed by atoms with van der Waals surface area (Å²) in [6.07, 6.45) is 4.82. The third-order valence-electron chi connectivity index (χ3n) is 3.77. The van der Waals surface area contributed by atoms with Crippen molar-refractivity contribution in [1.82, 2.24) is 4.90 Å². The maximum atomic E-state index is 10.5. The fourth-order valence-electron chi connectivity index (χ4n) is 2.40. The third-order valence-corrected chi connectivity index (χ3v) is 3.77. The lowest BCUT2D eigenvalue weighted by atomic mass is 9.85. The van der Waals surface area contributed by atoms with Gasteiger partial charge in [-0.2, -0.15) is 0 Å². The Morgan fingerprint density at radius 1 is 1.38 bits per heavy atom. The summed E-state index contributed by atoms with van der Waals surface area (Å²) in [5.74, 6) is -0.679. The molecule has 1 N–H and O–H groups in total. The summed E-state index contributed by atoms with van der Waals surface area (Å²) < 4.78 is 0. The molecule has 1 heterocycles. The van der Waals surface area contributed by atoms with Gasteiger partial charge in [-0.3, -0.25) is 4.79 Å². The fourth-order valence-corrected chi connectivity index (χ4v) is 2.40. The summed E-state index contributed by atoms with van der Waals surface area (Å²) >= 11 is 0. The standard InChI is InChI=1S/C13H25NO2/c1-11(5-6-12(15)16)14-9-4-7-13(2,3)8-10-14/h11H,4-10H2,1-3H3,(H,15,16). The third kappa shape index (κ3) is 4.52. The molecular weight excluding hydrogens is 202 g/mol. The molecule has 0 aromatic heterocycles. The molecule has 0 aromatic carbocycles. The molecule has 0 bridgehead atoms. The SMILES string of the molecule is CC(CCC(=O)O)N1CCCC(C)(C)CC1. The smallest absolute Gasteiger partial charge is 0.303 e. The number of likely N-dealkylation sites (tertiary alicyclic amines) is 1. The number of carboxylic acid groups (broad SMARTS) is 1. The number of rotatable bonds is 4. The van der Waals surface area contributed by atoms with E-state index in [9.17, 15) is 4.79 Å². The van der Waals surface area contributed by atoms with Crippen LogP contribution in [0.25, 0.3) is 0 Å². The van der Waals surface area contributed by atoms with E-state index in [2.05, 4.69) is 25.7 Å². The van der Waals surface area contributed by atoms with Crippen molar-refractivity contribution in [1.29, 1.82) is 0 Å². The van der Waals surface area contributed by atoms with Gasteiger partial charge in [0.05, 0.1) is 0 Å². The Morgan fingerprint density at radius 3 is 2.69 bits per heavy atom. The molecule has 3 nitrogen and oxygen atoms in total. The first-order valence-corrected chi connectivity index (χ1v) is 6.36. The average molecular weight is 227 g/mol. The first kappa shape index (κ1) is 13.5. The van der Waals surface area contributed by atoms with E-state index in [0.717, 1.165) is 19.5 Å². The van der Waals surface area contributed by atoms with Crippen molar-refractivity contribution < 1.29 is 9.90 Å². The van der Waals surface area contributed by atoms with Crippen molar-refractivity contribution in [3.63, 3.8) is 0 Å². The molecule has 1 aliphatic heterocycles. The molecule has 0 amide bonds. The minimum Gasteiger partial charge on any atom is -0.481 e. The summed E-state index contributed by atoms with van der Waals surface area (Å²) in [5.41, 5.74) is 0.460. The lowest BCUT2D eigenvalue weighted by molar-refractivity contribution is -0.137. The lowest BCUT2D eigenvalue weighted by Crippen LogP contribution is -2.34. The van der Waals surface area contributed by atoms with E-state index in [1.165, 1.54) is 19.3 Å². The zero-order valence-corrected chi connectivity index (χ0v) is 10.8. The van der Waals surface area contributed by atoms with Gasteiger partial charge < -0.3 is 10.0 Å². The predicted molar refractivity (Wildman–Crippen MR) is 65.5 cm³/mol. The van der Waals surface area contributed by atoms with Gasteiger partial charge in [0.1, 0.15) is 0 Å². The second kappa shape index (κ2) is 5.67. The lowest BCUT2D eigenvalue weighted by Gasteiger charge is -2.28. The Balaban J connectivity index is 2.38. The van der Waals surface area contributed by atoms with Crippen molar-refractivity contribution >= 4 is 5.97 Å². The van der Waals surface area contributed by atoms with E-state index in [-0.39, 0.29) is 0 Å². The van der Waals surface area contributed by atoms with Crippen LogP contribution in [0.3, 0.4) is 0 Å². The molecular formula is C13H25NO2. The number of carboxylic acids is 1. The number of carbonyl (C=O) groups is 1. The van der Waals surface area contributed by atoms with Gasteiger partial charge >= 0.3 is 5.97 Å². The number of hydrogen-bond donors (Lipinski definition) is 1. The van der Waals surface area contributed by atoms with Crippen molar-refractivity contribution in [2.45, 2.75) is 58.9 Å². The van der Waals surface area contributed by atoms with Gasteiger partial charge in [0.15, 0.2) is 0 Å². The Hall–Kier alpha value is -0.570. The molecule has 0 spiro atoms. The molecule has 1 fully saturated rings. The maximum absolute atomic E-state index is 10.5. The number of nitrogens with zero attached hydrogens (tertiary/aromatic N) is 1. The van der Waals surface area contributed by atoms with E-state index in [1.54, 1.807) is 0 Å². The quantitative estimate of drug-likeness (QED) is 0.803. The molecule has 1 rings (SSSR count). The number of aliphatic carboxylic acids is 1. The van der Waals surface area contributed by atoms with Crippen LogP contribution in [0.4, 0.5) is 0 Å². The summed E-state index contributed by atoms with van der Waals surface area (Å²) in [7, 11) is 0. The van der Waals surface area contributed by atoms with E-state index in [4.69, 9.17) is 5.11 Å². The molecule has 0 radical (unpaired) electrons. The molecule has 1 atom stereocenters. The van der Waals surface area contributed by atoms with Crippen LogP contribution in [0.5, 0.6) is 0 Å². The molecule has 3 heteroatoms. The molecule has 1 saturated heterocycles. The second-order valence-corrected chi connectivity index (χ2v) is 5.84. The van der Waals surface area contributed by atoms with Crippen molar-refractivity contribution in [2.75, 3.05) is 13.1 Å².